The number of carbonyl (C=O) groups is 1. The van der Waals surface area contributed by atoms with E-state index in [4.69, 9.17) is 9.97 Å². The van der Waals surface area contributed by atoms with Crippen LogP contribution >= 0.6 is 0 Å². The number of nitrogens with one attached hydrogen (secondary N) is 1. The summed E-state index contributed by atoms with van der Waals surface area (Å²) in [5, 5.41) is 3.29. The van der Waals surface area contributed by atoms with E-state index in [0.29, 0.717) is 19.1 Å². The number of hydrogen-bond donors (Lipinski definition) is 1. The topological polar surface area (TPSA) is 64.6 Å². The van der Waals surface area contributed by atoms with Gasteiger partial charge in [0, 0.05) is 56.3 Å². The maximum Gasteiger partial charge on any atom is 0.317 e. The minimum absolute atomic E-state index is 0.0685. The zero-order valence-corrected chi connectivity index (χ0v) is 19.1. The van der Waals surface area contributed by atoms with Gasteiger partial charge in [-0.2, -0.15) is 0 Å². The fourth-order valence-electron chi connectivity index (χ4n) is 5.08. The van der Waals surface area contributed by atoms with E-state index in [0.717, 1.165) is 73.9 Å². The largest absolute Gasteiger partial charge is 0.354 e. The fraction of sp³-hybridized carbons (Fsp3) is 0.560. The number of aromatic nitrogens is 2. The number of amides is 2. The van der Waals surface area contributed by atoms with Gasteiger partial charge in [0.05, 0.1) is 12.2 Å². The zero-order valence-electron chi connectivity index (χ0n) is 19.1. The number of hydrogen-bond acceptors (Lipinski definition) is 5. The molecule has 2 aliphatic heterocycles. The monoisotopic (exact) mass is 434 g/mol. The molecule has 2 aromatic rings. The van der Waals surface area contributed by atoms with E-state index in [1.54, 1.807) is 0 Å². The number of nitrogens with zero attached hydrogens (tertiary/aromatic N) is 5. The third kappa shape index (κ3) is 4.58. The number of anilines is 1. The van der Waals surface area contributed by atoms with Crippen molar-refractivity contribution in [2.45, 2.75) is 51.1 Å². The SMILES string of the molecule is CN1CCN(c2nc(-c3ccccc3)nc3c2CN(C(=O)NC2CCCCC2)CC3)CC1. The second-order valence-corrected chi connectivity index (χ2v) is 9.41. The lowest BCUT2D eigenvalue weighted by molar-refractivity contribution is 0.184. The Labute approximate surface area is 190 Å². The molecule has 2 amide bonds. The van der Waals surface area contributed by atoms with Crippen LogP contribution in [0.15, 0.2) is 30.3 Å². The lowest BCUT2D eigenvalue weighted by atomic mass is 9.95. The first kappa shape index (κ1) is 21.2. The first-order valence-corrected chi connectivity index (χ1v) is 12.1. The number of piperazine rings is 1. The molecule has 0 radical (unpaired) electrons. The van der Waals surface area contributed by atoms with Crippen LogP contribution in [0.1, 0.15) is 43.4 Å². The molecule has 3 aliphatic rings. The molecule has 0 atom stereocenters. The van der Waals surface area contributed by atoms with Gasteiger partial charge >= 0.3 is 6.03 Å². The van der Waals surface area contributed by atoms with E-state index in [2.05, 4.69) is 34.3 Å². The van der Waals surface area contributed by atoms with Crippen LogP contribution in [0.4, 0.5) is 10.6 Å². The zero-order chi connectivity index (χ0) is 21.9. The summed E-state index contributed by atoms with van der Waals surface area (Å²) in [4.78, 5) is 29.8. The number of urea groups is 1. The molecule has 2 fully saturated rings. The lowest BCUT2D eigenvalue weighted by Crippen LogP contribution is -2.48. The number of fused-ring (bicyclic) bond motifs is 1. The third-order valence-corrected chi connectivity index (χ3v) is 7.09. The number of likely N-dealkylation sites (N-methyl/N-ethyl adjacent to an activating group) is 1. The van der Waals surface area contributed by atoms with Crippen molar-refractivity contribution >= 4 is 11.8 Å². The Morgan fingerprint density at radius 1 is 0.969 bits per heavy atom. The second kappa shape index (κ2) is 9.45. The summed E-state index contributed by atoms with van der Waals surface area (Å²) in [6.45, 7) is 5.23. The van der Waals surface area contributed by atoms with Gasteiger partial charge in [0.15, 0.2) is 5.82 Å². The molecule has 1 saturated carbocycles. The molecule has 170 valence electrons. The minimum Gasteiger partial charge on any atom is -0.354 e. The van der Waals surface area contributed by atoms with Gasteiger partial charge in [-0.1, -0.05) is 49.6 Å². The van der Waals surface area contributed by atoms with E-state index in [1.165, 1.54) is 19.3 Å². The molecule has 0 bridgehead atoms. The smallest absolute Gasteiger partial charge is 0.317 e. The van der Waals surface area contributed by atoms with Crippen LogP contribution in [0.3, 0.4) is 0 Å². The van der Waals surface area contributed by atoms with Crippen LogP contribution in [-0.4, -0.2) is 71.6 Å². The average molecular weight is 435 g/mol. The molecule has 7 nitrogen and oxygen atoms in total. The quantitative estimate of drug-likeness (QED) is 0.803. The van der Waals surface area contributed by atoms with Gasteiger partial charge in [-0.05, 0) is 19.9 Å². The Morgan fingerprint density at radius 2 is 1.72 bits per heavy atom. The summed E-state index contributed by atoms with van der Waals surface area (Å²) in [6.07, 6.45) is 6.71. The Hall–Kier alpha value is -2.67. The Morgan fingerprint density at radius 3 is 2.47 bits per heavy atom. The maximum absolute atomic E-state index is 13.0. The van der Waals surface area contributed by atoms with Crippen molar-refractivity contribution in [1.29, 1.82) is 0 Å². The van der Waals surface area contributed by atoms with Crippen molar-refractivity contribution in [3.8, 4) is 11.4 Å². The predicted octanol–water partition coefficient (Wildman–Crippen LogP) is 3.30. The molecule has 1 aliphatic carbocycles. The van der Waals surface area contributed by atoms with E-state index in [9.17, 15) is 4.79 Å². The van der Waals surface area contributed by atoms with E-state index >= 15 is 0 Å². The normalized spacial score (nSPS) is 20.2. The van der Waals surface area contributed by atoms with E-state index in [-0.39, 0.29) is 6.03 Å². The number of carbonyl (C=O) groups excluding carboxylic acids is 1. The molecule has 1 saturated heterocycles. The summed E-state index contributed by atoms with van der Waals surface area (Å²) >= 11 is 0. The standard InChI is InChI=1S/C25H34N6O/c1-29-14-16-30(17-15-29)24-21-18-31(25(32)26-20-10-6-3-7-11-20)13-12-22(21)27-23(28-24)19-8-4-2-5-9-19/h2,4-5,8-9,20H,3,6-7,10-18H2,1H3,(H,26,32). The van der Waals surface area contributed by atoms with Crippen LogP contribution in [0.5, 0.6) is 0 Å². The summed E-state index contributed by atoms with van der Waals surface area (Å²) in [6, 6.07) is 10.6. The summed E-state index contributed by atoms with van der Waals surface area (Å²) in [5.74, 6) is 1.80. The van der Waals surface area contributed by atoms with Crippen LogP contribution < -0.4 is 10.2 Å². The predicted molar refractivity (Wildman–Crippen MR) is 127 cm³/mol. The molecule has 3 heterocycles. The molecule has 1 aromatic heterocycles. The lowest BCUT2D eigenvalue weighted by Gasteiger charge is -2.37. The summed E-state index contributed by atoms with van der Waals surface area (Å²) in [5.41, 5.74) is 3.26. The van der Waals surface area contributed by atoms with Crippen molar-refractivity contribution in [2.75, 3.05) is 44.7 Å². The highest BCUT2D eigenvalue weighted by Crippen LogP contribution is 2.30. The highest BCUT2D eigenvalue weighted by molar-refractivity contribution is 5.75. The first-order valence-electron chi connectivity index (χ1n) is 12.1. The Balaban J connectivity index is 1.42. The molecular formula is C25H34N6O. The van der Waals surface area contributed by atoms with Gasteiger partial charge < -0.3 is 20.0 Å². The van der Waals surface area contributed by atoms with Gasteiger partial charge in [0.25, 0.3) is 0 Å². The van der Waals surface area contributed by atoms with Crippen LogP contribution in [0, 0.1) is 0 Å². The van der Waals surface area contributed by atoms with Crippen LogP contribution in [0.25, 0.3) is 11.4 Å². The molecule has 7 heteroatoms. The van der Waals surface area contributed by atoms with Crippen LogP contribution in [-0.2, 0) is 13.0 Å². The third-order valence-electron chi connectivity index (χ3n) is 7.09. The molecule has 1 aromatic carbocycles. The first-order chi connectivity index (χ1) is 15.7. The minimum atomic E-state index is 0.0685. The van der Waals surface area contributed by atoms with Crippen molar-refractivity contribution in [1.82, 2.24) is 25.1 Å². The van der Waals surface area contributed by atoms with E-state index in [1.807, 2.05) is 23.1 Å². The molecule has 0 spiro atoms. The highest BCUT2D eigenvalue weighted by atomic mass is 16.2. The maximum atomic E-state index is 13.0. The van der Waals surface area contributed by atoms with Crippen molar-refractivity contribution in [3.63, 3.8) is 0 Å². The highest BCUT2D eigenvalue weighted by Gasteiger charge is 2.30. The van der Waals surface area contributed by atoms with Gasteiger partial charge in [-0.15, -0.1) is 0 Å². The van der Waals surface area contributed by atoms with Crippen molar-refractivity contribution in [3.05, 3.63) is 41.6 Å². The number of benzene rings is 1. The summed E-state index contributed by atoms with van der Waals surface area (Å²) < 4.78 is 0. The van der Waals surface area contributed by atoms with Gasteiger partial charge in [0.1, 0.15) is 5.82 Å². The van der Waals surface area contributed by atoms with Crippen molar-refractivity contribution in [2.24, 2.45) is 0 Å². The average Bonchev–Trinajstić information content (AvgIpc) is 2.85. The molecule has 32 heavy (non-hydrogen) atoms. The summed E-state index contributed by atoms with van der Waals surface area (Å²) in [7, 11) is 2.17. The Bertz CT molecular complexity index is 935. The van der Waals surface area contributed by atoms with Crippen LogP contribution in [0.2, 0.25) is 0 Å². The molecular weight excluding hydrogens is 400 g/mol. The van der Waals surface area contributed by atoms with Crippen molar-refractivity contribution < 1.29 is 4.79 Å². The second-order valence-electron chi connectivity index (χ2n) is 9.41. The molecule has 5 rings (SSSR count). The molecule has 0 unspecified atom stereocenters. The van der Waals surface area contributed by atoms with Gasteiger partial charge in [-0.3, -0.25) is 0 Å². The van der Waals surface area contributed by atoms with E-state index < -0.39 is 0 Å². The van der Waals surface area contributed by atoms with Gasteiger partial charge in [-0.25, -0.2) is 14.8 Å². The molecule has 1 N–H and O–H groups in total. The van der Waals surface area contributed by atoms with Gasteiger partial charge in [0.2, 0.25) is 0 Å². The fourth-order valence-corrected chi connectivity index (χ4v) is 5.08. The number of rotatable bonds is 3. The Kier molecular flexibility index (Phi) is 6.26.